The van der Waals surface area contributed by atoms with E-state index in [4.69, 9.17) is 4.74 Å². The molecule has 0 aromatic heterocycles. The van der Waals surface area contributed by atoms with E-state index in [1.54, 1.807) is 6.92 Å². The Morgan fingerprint density at radius 1 is 0.540 bits per heavy atom. The van der Waals surface area contributed by atoms with Crippen LogP contribution in [0.2, 0.25) is 0 Å². The Morgan fingerprint density at radius 2 is 0.920 bits per heavy atom. The van der Waals surface area contributed by atoms with Gasteiger partial charge in [0.2, 0.25) is 0 Å². The molecule has 50 heavy (non-hydrogen) atoms. The molecule has 0 N–H and O–H groups in total. The molecule has 0 spiro atoms. The van der Waals surface area contributed by atoms with Gasteiger partial charge in [-0.25, -0.2) is 4.79 Å². The van der Waals surface area contributed by atoms with Crippen LogP contribution in [0.1, 0.15) is 29.2 Å². The number of esters is 1. The topological polar surface area (TPSA) is 26.3 Å². The van der Waals surface area contributed by atoms with Crippen molar-refractivity contribution in [3.05, 3.63) is 204 Å². The van der Waals surface area contributed by atoms with Crippen molar-refractivity contribution in [2.24, 2.45) is 0 Å². The van der Waals surface area contributed by atoms with Crippen molar-refractivity contribution < 1.29 is 43.0 Å². The molecule has 6 aromatic rings. The summed E-state index contributed by atoms with van der Waals surface area (Å²) >= 11 is 0. The summed E-state index contributed by atoms with van der Waals surface area (Å²) in [7, 11) is 0.608. The summed E-state index contributed by atoms with van der Waals surface area (Å²) in [6.07, 6.45) is 6.16. The number of allylic oxidation sites excluding steroid dienone is 1. The molecule has 2 nitrogen and oxygen atoms in total. The number of carbonyl (C=O) groups excluding carboxylic acids is 1. The Bertz CT molecular complexity index is 1780. The second-order valence-electron chi connectivity index (χ2n) is 11.2. The maximum Gasteiger partial charge on any atom is 2.00 e. The summed E-state index contributed by atoms with van der Waals surface area (Å²) in [5, 5.41) is 4.12. The van der Waals surface area contributed by atoms with Gasteiger partial charge in [-0.2, -0.15) is 0 Å². The average Bonchev–Trinajstić information content (AvgIpc) is 3.16. The number of halogens is 1. The molecule has 6 heteroatoms. The van der Waals surface area contributed by atoms with Crippen molar-refractivity contribution in [1.82, 2.24) is 0 Å². The maximum atomic E-state index is 12.2. The number of methoxy groups -OCH3 is 1. The van der Waals surface area contributed by atoms with Gasteiger partial charge in [-0.15, -0.1) is 0 Å². The van der Waals surface area contributed by atoms with Crippen molar-refractivity contribution in [3.8, 4) is 0 Å². The predicted octanol–water partition coefficient (Wildman–Crippen LogP) is 6.89. The summed E-state index contributed by atoms with van der Waals surface area (Å²) in [4.78, 5) is 12.2. The van der Waals surface area contributed by atoms with E-state index in [9.17, 15) is 4.79 Å². The Hall–Kier alpha value is -3.64. The fourth-order valence-electron chi connectivity index (χ4n) is 5.55. The molecule has 1 radical (unpaired) electrons. The van der Waals surface area contributed by atoms with Crippen molar-refractivity contribution in [2.75, 3.05) is 7.11 Å². The minimum Gasteiger partial charge on any atom is -1.00 e. The average molecular weight is 802 g/mol. The van der Waals surface area contributed by atoms with E-state index in [-0.39, 0.29) is 47.4 Å². The van der Waals surface area contributed by atoms with Gasteiger partial charge >= 0.3 is 22.5 Å². The second kappa shape index (κ2) is 22.2. The smallest absolute Gasteiger partial charge is 1.00 e. The summed E-state index contributed by atoms with van der Waals surface area (Å²) < 4.78 is 4.95. The Balaban J connectivity index is 0.000000267. The quantitative estimate of drug-likeness (QED) is 0.0618. The monoisotopic (exact) mass is 800 g/mol. The molecule has 0 heterocycles. The largest absolute Gasteiger partial charge is 2.00 e. The molecule has 6 aromatic carbocycles. The molecule has 0 amide bonds. The number of benzene rings is 6. The van der Waals surface area contributed by atoms with Crippen LogP contribution < -0.4 is 32.9 Å². The molecular formula is C44H41BrNiO2P2+. The first-order chi connectivity index (χ1) is 23.7. The van der Waals surface area contributed by atoms with Crippen LogP contribution in [0.3, 0.4) is 0 Å². The minimum atomic E-state index is -0.590. The van der Waals surface area contributed by atoms with Gasteiger partial charge in [0, 0.05) is 6.16 Å². The van der Waals surface area contributed by atoms with Gasteiger partial charge in [-0.3, -0.25) is 0 Å². The van der Waals surface area contributed by atoms with Crippen LogP contribution in [-0.4, -0.2) is 13.1 Å². The van der Waals surface area contributed by atoms with Gasteiger partial charge in [0.15, 0.2) is 0 Å². The number of hydrogen-bond donors (Lipinski definition) is 0. The SMILES string of the molecule is C[C]=C(C(=O)OC)c1ccccc1CP(c1ccccc1)c1ccccc1.[Br-].[Ni+2].c1ccc(CP(Cc2ccccc2)c2ccccc2)cc1. The van der Waals surface area contributed by atoms with Gasteiger partial charge in [0.05, 0.1) is 12.7 Å². The predicted molar refractivity (Wildman–Crippen MR) is 207 cm³/mol. The molecule has 0 atom stereocenters. The van der Waals surface area contributed by atoms with Crippen LogP contribution in [0.4, 0.5) is 0 Å². The van der Waals surface area contributed by atoms with Crippen molar-refractivity contribution in [3.63, 3.8) is 0 Å². The second-order valence-corrected chi connectivity index (χ2v) is 15.6. The van der Waals surface area contributed by atoms with E-state index >= 15 is 0 Å². The van der Waals surface area contributed by atoms with Crippen LogP contribution in [-0.2, 0) is 44.5 Å². The third-order valence-corrected chi connectivity index (χ3v) is 13.0. The first-order valence-electron chi connectivity index (χ1n) is 16.1. The zero-order valence-corrected chi connectivity index (χ0v) is 32.6. The fourth-order valence-corrected chi connectivity index (χ4v) is 10.3. The van der Waals surface area contributed by atoms with E-state index in [0.29, 0.717) is 5.57 Å². The Kier molecular flexibility index (Phi) is 18.1. The molecule has 0 saturated carbocycles. The minimum absolute atomic E-state index is 0. The molecule has 0 bridgehead atoms. The zero-order valence-electron chi connectivity index (χ0n) is 28.3. The molecule has 0 aliphatic heterocycles. The van der Waals surface area contributed by atoms with Gasteiger partial charge in [0.1, 0.15) is 0 Å². The maximum absolute atomic E-state index is 12.2. The van der Waals surface area contributed by atoms with Crippen molar-refractivity contribution in [2.45, 2.75) is 25.4 Å². The van der Waals surface area contributed by atoms with E-state index < -0.39 is 7.92 Å². The van der Waals surface area contributed by atoms with Crippen LogP contribution >= 0.6 is 15.8 Å². The van der Waals surface area contributed by atoms with Gasteiger partial charge in [0.25, 0.3) is 0 Å². The zero-order chi connectivity index (χ0) is 33.4. The summed E-state index contributed by atoms with van der Waals surface area (Å²) in [6.45, 7) is 1.75. The van der Waals surface area contributed by atoms with Crippen LogP contribution in [0, 0.1) is 6.08 Å². The molecular weight excluding hydrogens is 761 g/mol. The summed E-state index contributed by atoms with van der Waals surface area (Å²) in [5.74, 6) is -0.353. The summed E-state index contributed by atoms with van der Waals surface area (Å²) in [6, 6.07) is 61.8. The molecule has 0 unspecified atom stereocenters. The normalized spacial score (nSPS) is 10.7. The molecule has 6 rings (SSSR count). The van der Waals surface area contributed by atoms with Gasteiger partial charge < -0.3 is 21.7 Å². The van der Waals surface area contributed by atoms with Crippen LogP contribution in [0.25, 0.3) is 5.57 Å². The molecule has 0 aliphatic rings. The molecule has 0 saturated heterocycles. The number of rotatable bonds is 11. The number of hydrogen-bond acceptors (Lipinski definition) is 2. The first-order valence-corrected chi connectivity index (χ1v) is 19.4. The standard InChI is InChI=1S/C24H22O2P.C20H19P.BrH.Ni/c1-3-22(24(25)26-2)23-17-11-10-12-19(23)18-27(20-13-6-4-7-14-20)21-15-8-5-9-16-21;1-4-10-18(11-5-1)16-21(20-14-8-3-9-15-20)17-19-12-6-2-7-13-19;;/h4-17H,18H2,1-2H3;1-15H,16-17H2;1H;/q;;;+2/p-1. The molecule has 0 fully saturated rings. The van der Waals surface area contributed by atoms with Gasteiger partial charge in [-0.1, -0.05) is 184 Å². The number of carbonyl (C=O) groups is 1. The van der Waals surface area contributed by atoms with Gasteiger partial charge in [-0.05, 0) is 71.4 Å². The third kappa shape index (κ3) is 12.0. The van der Waals surface area contributed by atoms with Crippen LogP contribution in [0.15, 0.2) is 176 Å². The van der Waals surface area contributed by atoms with E-state index in [1.807, 2.05) is 30.3 Å². The fraction of sp³-hybridized carbons (Fsp3) is 0.114. The van der Waals surface area contributed by atoms with Crippen LogP contribution in [0.5, 0.6) is 0 Å². The Labute approximate surface area is 321 Å². The first kappa shape index (κ1) is 40.8. The van der Waals surface area contributed by atoms with E-state index in [2.05, 4.69) is 152 Å². The Morgan fingerprint density at radius 3 is 1.34 bits per heavy atom. The van der Waals surface area contributed by atoms with Crippen molar-refractivity contribution >= 4 is 43.3 Å². The van der Waals surface area contributed by atoms with E-state index in [0.717, 1.165) is 29.6 Å². The third-order valence-electron chi connectivity index (χ3n) is 7.94. The number of ether oxygens (including phenoxy) is 1. The molecule has 0 aliphatic carbocycles. The van der Waals surface area contributed by atoms with E-state index in [1.165, 1.54) is 34.2 Å². The molecule has 255 valence electrons. The summed E-state index contributed by atoms with van der Waals surface area (Å²) in [5.41, 5.74) is 5.38. The van der Waals surface area contributed by atoms with Crippen molar-refractivity contribution in [1.29, 1.82) is 0 Å².